The summed E-state index contributed by atoms with van der Waals surface area (Å²) in [7, 11) is -0.982. The zero-order valence-electron chi connectivity index (χ0n) is 20.5. The van der Waals surface area contributed by atoms with Crippen LogP contribution in [0.15, 0.2) is 48.5 Å². The summed E-state index contributed by atoms with van der Waals surface area (Å²) in [5, 5.41) is 5.54. The minimum atomic E-state index is -4.11. The minimum Gasteiger partial charge on any atom is -0.497 e. The Morgan fingerprint density at radius 1 is 1.06 bits per heavy atom. The van der Waals surface area contributed by atoms with Gasteiger partial charge in [-0.15, -0.1) is 0 Å². The van der Waals surface area contributed by atoms with Gasteiger partial charge in [-0.25, -0.2) is 13.2 Å². The van der Waals surface area contributed by atoms with Crippen LogP contribution < -0.4 is 24.8 Å². The average molecular weight is 517 g/mol. The molecule has 194 valence electrons. The van der Waals surface area contributed by atoms with Crippen LogP contribution in [0.1, 0.15) is 30.4 Å². The summed E-state index contributed by atoms with van der Waals surface area (Å²) in [5.41, 5.74) is 0.104. The second-order valence-electron chi connectivity index (χ2n) is 9.05. The molecular weight excluding hydrogens is 484 g/mol. The van der Waals surface area contributed by atoms with Gasteiger partial charge in [0.05, 0.1) is 20.8 Å². The molecule has 0 aromatic heterocycles. The summed E-state index contributed by atoms with van der Waals surface area (Å²) in [6, 6.07) is 13.9. The molecule has 2 aromatic rings. The monoisotopic (exact) mass is 516 g/mol. The first kappa shape index (κ1) is 25.8. The van der Waals surface area contributed by atoms with Crippen LogP contribution in [-0.2, 0) is 26.9 Å². The highest BCUT2D eigenvalue weighted by atomic mass is 32.2. The van der Waals surface area contributed by atoms with E-state index >= 15 is 0 Å². The first-order chi connectivity index (χ1) is 17.2. The number of sulfonamides is 1. The molecule has 0 bridgehead atoms. The number of carbonyl (C=O) groups excluding carboxylic acids is 2. The van der Waals surface area contributed by atoms with Crippen molar-refractivity contribution in [1.29, 1.82) is 0 Å². The summed E-state index contributed by atoms with van der Waals surface area (Å²) in [5.74, 6) is 0.0399. The van der Waals surface area contributed by atoms with Gasteiger partial charge in [0.15, 0.2) is 5.66 Å². The van der Waals surface area contributed by atoms with Gasteiger partial charge in [-0.3, -0.25) is 9.69 Å². The molecule has 1 heterocycles. The third-order valence-corrected chi connectivity index (χ3v) is 7.96. The van der Waals surface area contributed by atoms with E-state index < -0.39 is 33.4 Å². The lowest BCUT2D eigenvalue weighted by Crippen LogP contribution is -2.59. The maximum absolute atomic E-state index is 13.2. The number of amides is 3. The fourth-order valence-electron chi connectivity index (χ4n) is 4.46. The molecule has 10 nitrogen and oxygen atoms in total. The van der Waals surface area contributed by atoms with Crippen molar-refractivity contribution in [3.63, 3.8) is 0 Å². The molecule has 11 heteroatoms. The second kappa shape index (κ2) is 10.8. The molecule has 0 spiro atoms. The highest BCUT2D eigenvalue weighted by Crippen LogP contribution is 2.32. The van der Waals surface area contributed by atoms with Gasteiger partial charge in [-0.05, 0) is 61.1 Å². The van der Waals surface area contributed by atoms with Gasteiger partial charge in [0.2, 0.25) is 15.9 Å². The van der Waals surface area contributed by atoms with Crippen LogP contribution in [0.2, 0.25) is 0 Å². The standard InChI is InChI=1S/C25H32N4O6S/c1-34-21-10-6-18(7-11-21)14-15-29-24(31)26-17-25(29,19-8-12-22(35-2)13-9-19)28-36(32,33)16-23(30)27-20-4-3-5-20/h6-13,20,28H,3-5,14-17H2,1-2H3,(H,26,31)(H,27,30). The molecule has 3 amide bonds. The van der Waals surface area contributed by atoms with Crippen LogP contribution in [0, 0.1) is 0 Å². The van der Waals surface area contributed by atoms with Gasteiger partial charge in [-0.1, -0.05) is 24.3 Å². The predicted octanol–water partition coefficient (Wildman–Crippen LogP) is 1.71. The smallest absolute Gasteiger partial charge is 0.319 e. The SMILES string of the molecule is COc1ccc(CCN2C(=O)NCC2(NS(=O)(=O)CC(=O)NC2CCC2)c2ccc(OC)cc2)cc1. The van der Waals surface area contributed by atoms with Gasteiger partial charge < -0.3 is 20.1 Å². The first-order valence-electron chi connectivity index (χ1n) is 11.9. The van der Waals surface area contributed by atoms with Crippen molar-refractivity contribution in [1.82, 2.24) is 20.3 Å². The molecule has 1 aliphatic carbocycles. The Bertz CT molecular complexity index is 1180. The maximum atomic E-state index is 13.2. The van der Waals surface area contributed by atoms with E-state index in [9.17, 15) is 18.0 Å². The highest BCUT2D eigenvalue weighted by molar-refractivity contribution is 7.90. The number of urea groups is 1. The molecule has 0 radical (unpaired) electrons. The topological polar surface area (TPSA) is 126 Å². The third kappa shape index (κ3) is 5.73. The Morgan fingerprint density at radius 3 is 2.22 bits per heavy atom. The van der Waals surface area contributed by atoms with Crippen molar-refractivity contribution in [2.24, 2.45) is 0 Å². The van der Waals surface area contributed by atoms with Crippen LogP contribution in [0.4, 0.5) is 4.79 Å². The Labute approximate surface area is 211 Å². The fraction of sp³-hybridized carbons (Fsp3) is 0.440. The van der Waals surface area contributed by atoms with Crippen molar-refractivity contribution < 1.29 is 27.5 Å². The Morgan fingerprint density at radius 2 is 1.67 bits per heavy atom. The Balaban J connectivity index is 1.60. The molecule has 1 atom stereocenters. The van der Waals surface area contributed by atoms with E-state index in [4.69, 9.17) is 9.47 Å². The van der Waals surface area contributed by atoms with E-state index in [1.165, 1.54) is 12.0 Å². The third-order valence-electron chi connectivity index (χ3n) is 6.67. The van der Waals surface area contributed by atoms with Gasteiger partial charge in [0.25, 0.3) is 0 Å². The van der Waals surface area contributed by atoms with Crippen LogP contribution in [-0.4, -0.2) is 64.4 Å². The van der Waals surface area contributed by atoms with E-state index in [0.717, 1.165) is 30.6 Å². The first-order valence-corrected chi connectivity index (χ1v) is 13.5. The molecule has 1 unspecified atom stereocenters. The Kier molecular flexibility index (Phi) is 7.70. The molecular formula is C25H32N4O6S. The van der Waals surface area contributed by atoms with E-state index in [-0.39, 0.29) is 19.1 Å². The van der Waals surface area contributed by atoms with Crippen molar-refractivity contribution in [3.8, 4) is 11.5 Å². The summed E-state index contributed by atoms with van der Waals surface area (Å²) >= 11 is 0. The summed E-state index contributed by atoms with van der Waals surface area (Å²) in [6.07, 6.45) is 3.21. The van der Waals surface area contributed by atoms with Gasteiger partial charge >= 0.3 is 6.03 Å². The number of nitrogens with zero attached hydrogens (tertiary/aromatic N) is 1. The van der Waals surface area contributed by atoms with Crippen LogP contribution in [0.3, 0.4) is 0 Å². The lowest BCUT2D eigenvalue weighted by atomic mass is 9.93. The molecule has 2 fully saturated rings. The number of carbonyl (C=O) groups is 2. The maximum Gasteiger partial charge on any atom is 0.319 e. The molecule has 2 aliphatic rings. The lowest BCUT2D eigenvalue weighted by molar-refractivity contribution is -0.119. The van der Waals surface area contributed by atoms with Crippen LogP contribution in [0.5, 0.6) is 11.5 Å². The number of hydrogen-bond acceptors (Lipinski definition) is 6. The van der Waals surface area contributed by atoms with Crippen molar-refractivity contribution in [2.45, 2.75) is 37.4 Å². The van der Waals surface area contributed by atoms with E-state index in [0.29, 0.717) is 17.7 Å². The van der Waals surface area contributed by atoms with Gasteiger partial charge in [-0.2, -0.15) is 4.72 Å². The number of nitrogens with one attached hydrogen (secondary N) is 3. The van der Waals surface area contributed by atoms with Crippen molar-refractivity contribution in [3.05, 3.63) is 59.7 Å². The number of rotatable bonds is 11. The zero-order chi connectivity index (χ0) is 25.8. The molecule has 36 heavy (non-hydrogen) atoms. The molecule has 1 saturated heterocycles. The highest BCUT2D eigenvalue weighted by Gasteiger charge is 2.49. The fourth-order valence-corrected chi connectivity index (χ4v) is 5.77. The Hall–Kier alpha value is -3.31. The lowest BCUT2D eigenvalue weighted by Gasteiger charge is -2.38. The number of hydrogen-bond donors (Lipinski definition) is 3. The number of methoxy groups -OCH3 is 2. The van der Waals surface area contributed by atoms with E-state index in [2.05, 4.69) is 15.4 Å². The summed E-state index contributed by atoms with van der Waals surface area (Å²) < 4.78 is 39.6. The van der Waals surface area contributed by atoms with Crippen molar-refractivity contribution in [2.75, 3.05) is 33.1 Å². The van der Waals surface area contributed by atoms with Gasteiger partial charge in [0, 0.05) is 12.6 Å². The predicted molar refractivity (Wildman–Crippen MR) is 134 cm³/mol. The average Bonchev–Trinajstić information content (AvgIpc) is 3.15. The summed E-state index contributed by atoms with van der Waals surface area (Å²) in [4.78, 5) is 26.9. The molecule has 2 aromatic carbocycles. The molecule has 1 saturated carbocycles. The minimum absolute atomic E-state index is 0.00422. The zero-order valence-corrected chi connectivity index (χ0v) is 21.3. The van der Waals surface area contributed by atoms with Gasteiger partial charge in [0.1, 0.15) is 17.3 Å². The second-order valence-corrected chi connectivity index (χ2v) is 10.8. The molecule has 3 N–H and O–H groups in total. The largest absolute Gasteiger partial charge is 0.497 e. The van der Waals surface area contributed by atoms with E-state index in [1.54, 1.807) is 31.4 Å². The normalized spacial score (nSPS) is 19.9. The number of benzene rings is 2. The summed E-state index contributed by atoms with van der Waals surface area (Å²) in [6.45, 7) is 0.241. The quantitative estimate of drug-likeness (QED) is 0.418. The molecule has 4 rings (SSSR count). The number of ether oxygens (including phenoxy) is 2. The van der Waals surface area contributed by atoms with Crippen LogP contribution in [0.25, 0.3) is 0 Å². The molecule has 1 aliphatic heterocycles. The van der Waals surface area contributed by atoms with Crippen LogP contribution >= 0.6 is 0 Å². The van der Waals surface area contributed by atoms with Crippen molar-refractivity contribution >= 4 is 22.0 Å². The van der Waals surface area contributed by atoms with E-state index in [1.807, 2.05) is 24.3 Å².